The molecule has 0 spiro atoms. The second-order valence-corrected chi connectivity index (χ2v) is 8.30. The molecule has 0 fully saturated rings. The number of aryl methyl sites for hydroxylation is 1. The van der Waals surface area contributed by atoms with Crippen LogP contribution in [0.15, 0.2) is 55.6 Å². The minimum Gasteiger partial charge on any atom is -0.490 e. The van der Waals surface area contributed by atoms with Crippen molar-refractivity contribution in [2.45, 2.75) is 44.7 Å². The Morgan fingerprint density at radius 1 is 1.00 bits per heavy atom. The maximum atomic E-state index is 14.3. The highest BCUT2D eigenvalue weighted by molar-refractivity contribution is 6.08. The third kappa shape index (κ3) is 4.88. The molecule has 3 aromatic rings. The standard InChI is InChI=1S/C24H22F6N4O5/c1-3-37-14-8-7-13(12-16(14)38-4-2)9-10-34-19-17(20(35)32-21(34)36)22(23(25,26)27,24(28,29)30)33-18(31-19)15-6-5-11-39-15/h5-8,11-12H,3-4,9-10H2,1-2H3,(H,31,33)(H,32,35,36). The van der Waals surface area contributed by atoms with Gasteiger partial charge in [-0.1, -0.05) is 6.07 Å². The molecule has 15 heteroatoms. The molecule has 0 aliphatic carbocycles. The second-order valence-electron chi connectivity index (χ2n) is 8.30. The van der Waals surface area contributed by atoms with Crippen LogP contribution in [0.3, 0.4) is 0 Å². The summed E-state index contributed by atoms with van der Waals surface area (Å²) >= 11 is 0. The third-order valence-electron chi connectivity index (χ3n) is 5.88. The van der Waals surface area contributed by atoms with Gasteiger partial charge in [-0.15, -0.1) is 0 Å². The van der Waals surface area contributed by atoms with Crippen LogP contribution in [-0.2, 0) is 18.5 Å². The molecule has 210 valence electrons. The van der Waals surface area contributed by atoms with E-state index in [0.717, 1.165) is 12.3 Å². The summed E-state index contributed by atoms with van der Waals surface area (Å²) in [4.78, 5) is 29.9. The van der Waals surface area contributed by atoms with Gasteiger partial charge in [0.25, 0.3) is 11.1 Å². The lowest BCUT2D eigenvalue weighted by molar-refractivity contribution is -0.301. The van der Waals surface area contributed by atoms with Gasteiger partial charge in [0.15, 0.2) is 23.1 Å². The lowest BCUT2D eigenvalue weighted by Gasteiger charge is -2.38. The van der Waals surface area contributed by atoms with Gasteiger partial charge in [0.1, 0.15) is 11.4 Å². The van der Waals surface area contributed by atoms with Crippen molar-refractivity contribution in [1.82, 2.24) is 9.55 Å². The van der Waals surface area contributed by atoms with Crippen molar-refractivity contribution in [1.29, 1.82) is 0 Å². The van der Waals surface area contributed by atoms with E-state index in [-0.39, 0.29) is 6.42 Å². The van der Waals surface area contributed by atoms with E-state index in [9.17, 15) is 35.9 Å². The Hall–Kier alpha value is -4.17. The zero-order valence-electron chi connectivity index (χ0n) is 20.5. The molecule has 0 amide bonds. The Balaban J connectivity index is 1.88. The molecule has 9 nitrogen and oxygen atoms in total. The summed E-state index contributed by atoms with van der Waals surface area (Å²) in [7, 11) is 0. The van der Waals surface area contributed by atoms with Crippen molar-refractivity contribution in [2.24, 2.45) is 4.99 Å². The smallest absolute Gasteiger partial charge is 0.427 e. The fourth-order valence-electron chi connectivity index (χ4n) is 4.21. The van der Waals surface area contributed by atoms with Crippen molar-refractivity contribution >= 4 is 11.7 Å². The molecule has 0 unspecified atom stereocenters. The number of anilines is 1. The number of aromatic amines is 1. The summed E-state index contributed by atoms with van der Waals surface area (Å²) < 4.78 is 102. The fraction of sp³-hybridized carbons (Fsp3) is 0.375. The molecule has 39 heavy (non-hydrogen) atoms. The predicted octanol–water partition coefficient (Wildman–Crippen LogP) is 4.36. The number of H-pyrrole nitrogens is 1. The molecule has 0 saturated heterocycles. The first-order chi connectivity index (χ1) is 18.3. The molecule has 0 saturated carbocycles. The van der Waals surface area contributed by atoms with Gasteiger partial charge in [-0.25, -0.2) is 9.79 Å². The highest BCUT2D eigenvalue weighted by Crippen LogP contribution is 2.55. The zero-order chi connectivity index (χ0) is 28.6. The Morgan fingerprint density at radius 2 is 1.67 bits per heavy atom. The molecule has 3 heterocycles. The van der Waals surface area contributed by atoms with Crippen molar-refractivity contribution < 1.29 is 40.2 Å². The van der Waals surface area contributed by atoms with Gasteiger partial charge in [0, 0.05) is 6.54 Å². The van der Waals surface area contributed by atoms with Gasteiger partial charge >= 0.3 is 18.0 Å². The molecule has 2 aromatic heterocycles. The number of nitrogens with one attached hydrogen (secondary N) is 2. The average molecular weight is 560 g/mol. The number of rotatable bonds is 8. The number of nitrogens with zero attached hydrogens (tertiary/aromatic N) is 2. The Kier molecular flexibility index (Phi) is 7.27. The van der Waals surface area contributed by atoms with Crippen LogP contribution in [0.2, 0.25) is 0 Å². The highest BCUT2D eigenvalue weighted by atomic mass is 19.4. The van der Waals surface area contributed by atoms with Gasteiger partial charge in [-0.3, -0.25) is 14.3 Å². The third-order valence-corrected chi connectivity index (χ3v) is 5.88. The Morgan fingerprint density at radius 3 is 2.26 bits per heavy atom. The largest absolute Gasteiger partial charge is 0.490 e. The van der Waals surface area contributed by atoms with Crippen LogP contribution < -0.4 is 26.0 Å². The second kappa shape index (κ2) is 10.2. The van der Waals surface area contributed by atoms with E-state index >= 15 is 0 Å². The van der Waals surface area contributed by atoms with Crippen molar-refractivity contribution in [3.63, 3.8) is 0 Å². The van der Waals surface area contributed by atoms with Crippen LogP contribution in [-0.4, -0.2) is 41.0 Å². The number of aliphatic imine (C=N–C) groups is 1. The number of hydrogen-bond acceptors (Lipinski definition) is 7. The van der Waals surface area contributed by atoms with Crippen LogP contribution in [0.5, 0.6) is 11.5 Å². The topological polar surface area (TPSA) is 111 Å². The summed E-state index contributed by atoms with van der Waals surface area (Å²) in [6.07, 6.45) is -11.2. The van der Waals surface area contributed by atoms with Crippen LogP contribution >= 0.6 is 0 Å². The van der Waals surface area contributed by atoms with E-state index in [0.29, 0.717) is 34.8 Å². The first-order valence-electron chi connectivity index (χ1n) is 11.6. The number of hydrogen-bond donors (Lipinski definition) is 2. The number of alkyl halides is 6. The molecular formula is C24H22F6N4O5. The number of halogens is 6. The lowest BCUT2D eigenvalue weighted by Crippen LogP contribution is -2.59. The van der Waals surface area contributed by atoms with Crippen molar-refractivity contribution in [2.75, 3.05) is 18.5 Å². The number of furan rings is 1. The van der Waals surface area contributed by atoms with Crippen LogP contribution in [0, 0.1) is 0 Å². The monoisotopic (exact) mass is 560 g/mol. The molecule has 1 aliphatic heterocycles. The summed E-state index contributed by atoms with van der Waals surface area (Å²) in [6.45, 7) is 3.74. The number of amidine groups is 1. The van der Waals surface area contributed by atoms with E-state index in [2.05, 4.69) is 10.3 Å². The maximum absolute atomic E-state index is 14.3. The van der Waals surface area contributed by atoms with E-state index in [1.165, 1.54) is 6.07 Å². The van der Waals surface area contributed by atoms with Gasteiger partial charge in [0.05, 0.1) is 19.5 Å². The number of fused-ring (bicyclic) bond motifs is 1. The molecule has 1 aliphatic rings. The van der Waals surface area contributed by atoms with Crippen molar-refractivity contribution in [3.05, 3.63) is 74.3 Å². The number of benzene rings is 1. The lowest BCUT2D eigenvalue weighted by atomic mass is 9.88. The maximum Gasteiger partial charge on any atom is 0.427 e. The fourth-order valence-corrected chi connectivity index (χ4v) is 4.21. The molecule has 1 aromatic carbocycles. The Labute approximate surface area is 216 Å². The molecular weight excluding hydrogens is 538 g/mol. The minimum atomic E-state index is -6.11. The first-order valence-corrected chi connectivity index (χ1v) is 11.6. The summed E-state index contributed by atoms with van der Waals surface area (Å²) in [5.41, 5.74) is -9.36. The van der Waals surface area contributed by atoms with Gasteiger partial charge < -0.3 is 19.2 Å². The van der Waals surface area contributed by atoms with Crippen LogP contribution in [0.4, 0.5) is 32.2 Å². The molecule has 0 bridgehead atoms. The number of ether oxygens (including phenoxy) is 2. The minimum absolute atomic E-state index is 0.0369. The van der Waals surface area contributed by atoms with Crippen LogP contribution in [0.1, 0.15) is 30.7 Å². The van der Waals surface area contributed by atoms with E-state index in [1.54, 1.807) is 37.0 Å². The van der Waals surface area contributed by atoms with E-state index < -0.39 is 58.7 Å². The molecule has 0 atom stereocenters. The number of aromatic nitrogens is 2. The Bertz CT molecular complexity index is 1470. The SMILES string of the molecule is CCOc1ccc(CCn2c3c(c(=O)[nH]c2=O)C(C(F)(F)F)(C(F)(F)F)N=C(c2ccco2)N3)cc1OCC. The average Bonchev–Trinajstić information content (AvgIpc) is 3.38. The summed E-state index contributed by atoms with van der Waals surface area (Å²) in [5, 5.41) is 2.30. The van der Waals surface area contributed by atoms with Gasteiger partial charge in [0.2, 0.25) is 0 Å². The first kappa shape index (κ1) is 27.9. The molecule has 4 rings (SSSR count). The summed E-state index contributed by atoms with van der Waals surface area (Å²) in [6, 6.07) is 7.09. The highest BCUT2D eigenvalue weighted by Gasteiger charge is 2.75. The zero-order valence-corrected chi connectivity index (χ0v) is 20.5. The molecule has 0 radical (unpaired) electrons. The van der Waals surface area contributed by atoms with Crippen molar-refractivity contribution in [3.8, 4) is 11.5 Å². The normalized spacial score (nSPS) is 14.8. The quantitative estimate of drug-likeness (QED) is 0.396. The van der Waals surface area contributed by atoms with Crippen LogP contribution in [0.25, 0.3) is 0 Å². The predicted molar refractivity (Wildman–Crippen MR) is 126 cm³/mol. The van der Waals surface area contributed by atoms with Gasteiger partial charge in [-0.05, 0) is 50.1 Å². The van der Waals surface area contributed by atoms with E-state index in [4.69, 9.17) is 13.9 Å². The molecule has 2 N–H and O–H groups in total. The van der Waals surface area contributed by atoms with E-state index in [1.807, 2.05) is 0 Å². The van der Waals surface area contributed by atoms with Gasteiger partial charge in [-0.2, -0.15) is 26.3 Å². The summed E-state index contributed by atoms with van der Waals surface area (Å²) in [5.74, 6) is -1.63.